The van der Waals surface area contributed by atoms with Gasteiger partial charge in [-0.05, 0) is 0 Å². The molecular formula is CH3O3PSe-2. The Kier molecular flexibility index (Phi) is 2.34. The molecule has 0 aromatic carbocycles. The molecule has 6 heavy (non-hydrogen) atoms. The van der Waals surface area contributed by atoms with Gasteiger partial charge in [0.15, 0.2) is 0 Å². The second kappa shape index (κ2) is 2.10. The average Bonchev–Trinajstić information content (AvgIpc) is 1.35. The zero-order valence-corrected chi connectivity index (χ0v) is 5.69. The third-order valence-electron chi connectivity index (χ3n) is 0.224. The molecule has 0 fully saturated rings. The van der Waals surface area contributed by atoms with Gasteiger partial charge in [0, 0.05) is 0 Å². The summed E-state index contributed by atoms with van der Waals surface area (Å²) in [5.41, 5.74) is 0. The normalized spacial score (nSPS) is 11.8. The molecule has 0 aliphatic rings. The molecule has 5 heteroatoms. The van der Waals surface area contributed by atoms with E-state index in [-0.39, 0.29) is 0 Å². The summed E-state index contributed by atoms with van der Waals surface area (Å²) in [6, 6.07) is 0. The van der Waals surface area contributed by atoms with Crippen molar-refractivity contribution in [3.05, 3.63) is 0 Å². The van der Waals surface area contributed by atoms with Gasteiger partial charge in [0.2, 0.25) is 0 Å². The van der Waals surface area contributed by atoms with Crippen LogP contribution in [0.1, 0.15) is 0 Å². The predicted octanol–water partition coefficient (Wildman–Crippen LogP) is -1.43. The topological polar surface area (TPSA) is 63.2 Å². The monoisotopic (exact) mass is 174 g/mol. The summed E-state index contributed by atoms with van der Waals surface area (Å²) in [5, 5.41) is 0. The molecule has 3 nitrogen and oxygen atoms in total. The van der Waals surface area contributed by atoms with Crippen LogP contribution in [-0.2, 0) is 4.57 Å². The Hall–Kier alpha value is 0.669. The summed E-state index contributed by atoms with van der Waals surface area (Å²) in [5.74, 6) is 1.38. The van der Waals surface area contributed by atoms with Crippen LogP contribution in [0.5, 0.6) is 0 Å². The van der Waals surface area contributed by atoms with Crippen molar-refractivity contribution in [2.24, 2.45) is 0 Å². The molecule has 0 atom stereocenters. The van der Waals surface area contributed by atoms with E-state index in [2.05, 4.69) is 0 Å². The van der Waals surface area contributed by atoms with E-state index in [4.69, 9.17) is 0 Å². The van der Waals surface area contributed by atoms with Gasteiger partial charge in [-0.25, -0.2) is 0 Å². The summed E-state index contributed by atoms with van der Waals surface area (Å²) < 4.78 is 9.50. The molecule has 0 aliphatic carbocycles. The number of rotatable bonds is 1. The maximum atomic E-state index is 9.50. The Morgan fingerprint density at radius 1 is 1.67 bits per heavy atom. The molecule has 0 saturated heterocycles. The van der Waals surface area contributed by atoms with Crippen LogP contribution in [0.2, 0.25) is 5.82 Å². The van der Waals surface area contributed by atoms with Crippen LogP contribution in [0.3, 0.4) is 0 Å². The first-order chi connectivity index (χ1) is 2.56. The number of hydrogen-bond acceptors (Lipinski definition) is 3. The molecule has 0 aromatic heterocycles. The van der Waals surface area contributed by atoms with Crippen molar-refractivity contribution in [3.63, 3.8) is 0 Å². The van der Waals surface area contributed by atoms with Gasteiger partial charge in [0.1, 0.15) is 0 Å². The van der Waals surface area contributed by atoms with Gasteiger partial charge < -0.3 is 0 Å². The van der Waals surface area contributed by atoms with E-state index >= 15 is 0 Å². The van der Waals surface area contributed by atoms with E-state index in [1.807, 2.05) is 0 Å². The first-order valence-electron chi connectivity index (χ1n) is 1.14. The Morgan fingerprint density at radius 3 is 1.83 bits per heavy atom. The molecule has 0 unspecified atom stereocenters. The molecule has 0 radical (unpaired) electrons. The van der Waals surface area contributed by atoms with Crippen molar-refractivity contribution in [1.82, 2.24) is 0 Å². The fraction of sp³-hybridized carbons (Fsp3) is 1.00. The minimum absolute atomic E-state index is 0.743. The molecule has 0 bridgehead atoms. The van der Waals surface area contributed by atoms with Crippen LogP contribution in [0.15, 0.2) is 0 Å². The molecule has 0 amide bonds. The SMILES string of the molecule is C[Se]P(=O)([O-])[O-]. The zero-order valence-electron chi connectivity index (χ0n) is 3.08. The van der Waals surface area contributed by atoms with Gasteiger partial charge >= 0.3 is 41.0 Å². The van der Waals surface area contributed by atoms with E-state index in [1.54, 1.807) is 0 Å². The van der Waals surface area contributed by atoms with Gasteiger partial charge in [0.25, 0.3) is 0 Å². The van der Waals surface area contributed by atoms with Crippen molar-refractivity contribution in [1.29, 1.82) is 0 Å². The molecule has 0 spiro atoms. The molecule has 0 aliphatic heterocycles. The quantitative estimate of drug-likeness (QED) is 0.360. The van der Waals surface area contributed by atoms with Crippen molar-refractivity contribution in [2.75, 3.05) is 0 Å². The summed E-state index contributed by atoms with van der Waals surface area (Å²) in [6.07, 6.45) is -4.08. The van der Waals surface area contributed by atoms with Crippen LogP contribution in [-0.4, -0.2) is 14.5 Å². The Bertz CT molecular complexity index is 74.9. The first-order valence-corrected chi connectivity index (χ1v) is 6.61. The standard InChI is InChI=1S/CH5O3PSe/c1-6-5(2,3)4/h1H3,(H2,2,3,4)/p-2. The molecule has 38 valence electrons. The fourth-order valence-electron chi connectivity index (χ4n) is 0. The Labute approximate surface area is 41.7 Å². The summed E-state index contributed by atoms with van der Waals surface area (Å²) in [4.78, 5) is 19.0. The summed E-state index contributed by atoms with van der Waals surface area (Å²) in [6.45, 7) is 0. The Balaban J connectivity index is 3.48. The second-order valence-corrected chi connectivity index (χ2v) is 7.00. The molecule has 0 rings (SSSR count). The van der Waals surface area contributed by atoms with Gasteiger partial charge in [-0.1, -0.05) is 0 Å². The van der Waals surface area contributed by atoms with Gasteiger partial charge in [-0.2, -0.15) is 0 Å². The third-order valence-corrected chi connectivity index (χ3v) is 3.49. The molecular weight excluding hydrogens is 170 g/mol. The van der Waals surface area contributed by atoms with Crippen molar-refractivity contribution >= 4 is 20.8 Å². The van der Waals surface area contributed by atoms with E-state index in [1.165, 1.54) is 5.82 Å². The van der Waals surface area contributed by atoms with E-state index < -0.39 is 20.8 Å². The Morgan fingerprint density at radius 2 is 1.83 bits per heavy atom. The van der Waals surface area contributed by atoms with Crippen LogP contribution < -0.4 is 9.79 Å². The van der Waals surface area contributed by atoms with Gasteiger partial charge in [0.05, 0.1) is 0 Å². The van der Waals surface area contributed by atoms with Crippen LogP contribution in [0.25, 0.3) is 0 Å². The van der Waals surface area contributed by atoms with E-state index in [0.29, 0.717) is 0 Å². The van der Waals surface area contributed by atoms with Gasteiger partial charge in [-0.3, -0.25) is 0 Å². The molecule has 0 N–H and O–H groups in total. The summed E-state index contributed by atoms with van der Waals surface area (Å²) >= 11 is -0.743. The second-order valence-electron chi connectivity index (χ2n) is 0.630. The predicted molar refractivity (Wildman–Crippen MR) is 19.2 cm³/mol. The third kappa shape index (κ3) is 4.67. The van der Waals surface area contributed by atoms with Crippen molar-refractivity contribution in [2.45, 2.75) is 5.82 Å². The number of hydrogen-bond donors (Lipinski definition) is 0. The maximum absolute atomic E-state index is 9.50. The van der Waals surface area contributed by atoms with E-state index in [9.17, 15) is 14.4 Å². The van der Waals surface area contributed by atoms with E-state index in [0.717, 1.165) is 0 Å². The van der Waals surface area contributed by atoms with Crippen LogP contribution in [0, 0.1) is 0 Å². The molecule has 0 heterocycles. The summed E-state index contributed by atoms with van der Waals surface area (Å²) in [7, 11) is 0. The zero-order chi connectivity index (χ0) is 5.21. The molecule has 0 aromatic rings. The molecule has 0 saturated carbocycles. The average molecular weight is 173 g/mol. The van der Waals surface area contributed by atoms with Crippen LogP contribution in [0.4, 0.5) is 0 Å². The fourth-order valence-corrected chi connectivity index (χ4v) is 0. The van der Waals surface area contributed by atoms with Crippen molar-refractivity contribution in [3.8, 4) is 0 Å². The van der Waals surface area contributed by atoms with Gasteiger partial charge in [-0.15, -0.1) is 0 Å². The van der Waals surface area contributed by atoms with Crippen LogP contribution >= 0.6 is 6.29 Å². The minimum atomic E-state index is -4.08. The first kappa shape index (κ1) is 6.67. The van der Waals surface area contributed by atoms with Crippen molar-refractivity contribution < 1.29 is 14.4 Å².